The summed E-state index contributed by atoms with van der Waals surface area (Å²) in [6.45, 7) is 0. The second-order valence-corrected chi connectivity index (χ2v) is 2.20. The standard InChI is InChI=1S/CO2S2/c2-1-3-5-4-1. The predicted molar refractivity (Wildman–Crippen MR) is 20.7 cm³/mol. The highest BCUT2D eigenvalue weighted by atomic mass is 32.9. The maximum absolute atomic E-state index is 9.62. The minimum absolute atomic E-state index is 0.185. The molecule has 0 saturated heterocycles. The molecule has 0 fully saturated rings. The van der Waals surface area contributed by atoms with Crippen molar-refractivity contribution < 1.29 is 3.85 Å². The molecule has 0 N–H and O–H groups in total. The summed E-state index contributed by atoms with van der Waals surface area (Å²) in [6.07, 6.45) is 0. The Labute approximate surface area is 35.3 Å². The third-order valence-corrected chi connectivity index (χ3v) is 1.63. The van der Waals surface area contributed by atoms with Crippen molar-refractivity contribution >= 4 is 21.0 Å². The van der Waals surface area contributed by atoms with Gasteiger partial charge in [-0.2, -0.15) is 0 Å². The van der Waals surface area contributed by atoms with Crippen molar-refractivity contribution in [2.75, 3.05) is 0 Å². The Morgan fingerprint density at radius 2 is 2.20 bits per heavy atom. The van der Waals surface area contributed by atoms with Gasteiger partial charge in [0.1, 0.15) is 10.6 Å². The van der Waals surface area contributed by atoms with Gasteiger partial charge in [0.15, 0.2) is 0 Å². The smallest absolute Gasteiger partial charge is 0.342 e. The maximum atomic E-state index is 9.62. The summed E-state index contributed by atoms with van der Waals surface area (Å²) < 4.78 is 4.17. The predicted octanol–water partition coefficient (Wildman–Crippen LogP) is 0.763. The van der Waals surface area contributed by atoms with Crippen molar-refractivity contribution in [3.8, 4) is 0 Å². The quantitative estimate of drug-likeness (QED) is 0.459. The molecular weight excluding hydrogens is 108 g/mol. The largest absolute Gasteiger partial charge is 0.419 e. The fraction of sp³-hybridized carbons (Fsp3) is 0. The van der Waals surface area contributed by atoms with E-state index in [-0.39, 0.29) is 4.94 Å². The van der Waals surface area contributed by atoms with Gasteiger partial charge in [0.25, 0.3) is 0 Å². The molecule has 2 nitrogen and oxygen atoms in total. The topological polar surface area (TPSA) is 30.2 Å². The minimum Gasteiger partial charge on any atom is -0.342 e. The lowest BCUT2D eigenvalue weighted by Crippen LogP contribution is -1.86. The highest BCUT2D eigenvalue weighted by Crippen LogP contribution is 1.96. The highest BCUT2D eigenvalue weighted by molar-refractivity contribution is 7.66. The normalized spacial score (nSPS) is 8.80. The molecule has 0 radical (unpaired) electrons. The molecule has 28 valence electrons. The van der Waals surface area contributed by atoms with Crippen molar-refractivity contribution in [2.24, 2.45) is 0 Å². The van der Waals surface area contributed by atoms with E-state index in [4.69, 9.17) is 0 Å². The molecule has 1 aromatic heterocycles. The van der Waals surface area contributed by atoms with Crippen LogP contribution >= 0.6 is 21.0 Å². The Bertz CT molecular complexity index is 122. The van der Waals surface area contributed by atoms with Crippen molar-refractivity contribution in [2.45, 2.75) is 0 Å². The van der Waals surface area contributed by atoms with E-state index in [1.165, 1.54) is 0 Å². The molecule has 0 aromatic carbocycles. The SMILES string of the molecule is O=c1oss1. The minimum atomic E-state index is -0.185. The van der Waals surface area contributed by atoms with Crippen LogP contribution in [0.5, 0.6) is 0 Å². The first-order valence-electron chi connectivity index (χ1n) is 0.946. The van der Waals surface area contributed by atoms with Gasteiger partial charge in [0.05, 0.1) is 0 Å². The first-order chi connectivity index (χ1) is 2.39. The molecule has 0 bridgehead atoms. The van der Waals surface area contributed by atoms with E-state index >= 15 is 0 Å². The molecular formula is CO2S2. The Hall–Kier alpha value is -0.0900. The Morgan fingerprint density at radius 3 is 2.20 bits per heavy atom. The Morgan fingerprint density at radius 1 is 1.80 bits per heavy atom. The van der Waals surface area contributed by atoms with Crippen molar-refractivity contribution in [1.82, 2.24) is 0 Å². The fourth-order valence-corrected chi connectivity index (χ4v) is 0.556. The average Bonchev–Trinajstić information content (AvgIpc) is 1.30. The summed E-state index contributed by atoms with van der Waals surface area (Å²) in [7, 11) is 2.23. The molecule has 5 heavy (non-hydrogen) atoms. The number of hydrogen-bond acceptors (Lipinski definition) is 4. The summed E-state index contributed by atoms with van der Waals surface area (Å²) in [5, 5.41) is 0. The van der Waals surface area contributed by atoms with Crippen LogP contribution in [-0.4, -0.2) is 0 Å². The lowest BCUT2D eigenvalue weighted by molar-refractivity contribution is 0.650. The molecule has 1 rings (SSSR count). The molecule has 1 aromatic rings. The molecule has 0 atom stereocenters. The molecule has 4 heteroatoms. The number of rotatable bonds is 0. The molecule has 0 aliphatic rings. The van der Waals surface area contributed by atoms with Gasteiger partial charge in [-0.3, -0.25) is 0 Å². The summed E-state index contributed by atoms with van der Waals surface area (Å²) in [5.74, 6) is 0. The number of hydrogen-bond donors (Lipinski definition) is 0. The van der Waals surface area contributed by atoms with E-state index in [2.05, 4.69) is 3.85 Å². The fourth-order valence-electron chi connectivity index (χ4n) is 0.0618. The van der Waals surface area contributed by atoms with Crippen LogP contribution in [0, 0.1) is 0 Å². The van der Waals surface area contributed by atoms with Crippen molar-refractivity contribution in [3.05, 3.63) is 9.73 Å². The second-order valence-electron chi connectivity index (χ2n) is 0.485. The van der Waals surface area contributed by atoms with Crippen LogP contribution in [0.25, 0.3) is 0 Å². The van der Waals surface area contributed by atoms with E-state index in [0.29, 0.717) is 0 Å². The zero-order valence-electron chi connectivity index (χ0n) is 2.13. The first kappa shape index (κ1) is 3.11. The molecule has 0 saturated carbocycles. The van der Waals surface area contributed by atoms with E-state index in [1.807, 2.05) is 0 Å². The lowest BCUT2D eigenvalue weighted by Gasteiger charge is -1.68. The van der Waals surface area contributed by atoms with Crippen LogP contribution in [0.3, 0.4) is 0 Å². The van der Waals surface area contributed by atoms with E-state index in [0.717, 1.165) is 21.0 Å². The van der Waals surface area contributed by atoms with Gasteiger partial charge in [-0.05, 0) is 0 Å². The van der Waals surface area contributed by atoms with Gasteiger partial charge in [-0.15, -0.1) is 0 Å². The molecule has 0 unspecified atom stereocenters. The van der Waals surface area contributed by atoms with Crippen molar-refractivity contribution in [3.63, 3.8) is 0 Å². The van der Waals surface area contributed by atoms with Crippen LogP contribution in [-0.2, 0) is 0 Å². The molecule has 1 heterocycles. The Balaban J connectivity index is 3.29. The van der Waals surface area contributed by atoms with E-state index in [9.17, 15) is 4.79 Å². The highest BCUT2D eigenvalue weighted by Gasteiger charge is 1.81. The monoisotopic (exact) mass is 108 g/mol. The molecule has 0 amide bonds. The first-order valence-corrected chi connectivity index (χ1v) is 3.02. The summed E-state index contributed by atoms with van der Waals surface area (Å²) in [6, 6.07) is 0. The average molecular weight is 108 g/mol. The second kappa shape index (κ2) is 0.948. The van der Waals surface area contributed by atoms with Gasteiger partial charge in [0, 0.05) is 10.3 Å². The van der Waals surface area contributed by atoms with E-state index < -0.39 is 0 Å². The van der Waals surface area contributed by atoms with Gasteiger partial charge < -0.3 is 3.85 Å². The van der Waals surface area contributed by atoms with Crippen LogP contribution in [0.15, 0.2) is 8.64 Å². The van der Waals surface area contributed by atoms with Crippen LogP contribution in [0.2, 0.25) is 0 Å². The third kappa shape index (κ3) is 0.408. The third-order valence-electron chi connectivity index (χ3n) is 0.204. The van der Waals surface area contributed by atoms with Crippen molar-refractivity contribution in [1.29, 1.82) is 0 Å². The zero-order chi connectivity index (χ0) is 3.70. The van der Waals surface area contributed by atoms with E-state index in [1.54, 1.807) is 0 Å². The van der Waals surface area contributed by atoms with Crippen LogP contribution < -0.4 is 4.94 Å². The Kier molecular flexibility index (Phi) is 0.590. The molecule has 0 spiro atoms. The maximum Gasteiger partial charge on any atom is 0.419 e. The van der Waals surface area contributed by atoms with Gasteiger partial charge in [-0.1, -0.05) is 0 Å². The summed E-state index contributed by atoms with van der Waals surface area (Å²) in [5.41, 5.74) is 0. The van der Waals surface area contributed by atoms with Gasteiger partial charge >= 0.3 is 4.94 Å². The summed E-state index contributed by atoms with van der Waals surface area (Å²) >= 11 is 0. The lowest BCUT2D eigenvalue weighted by atomic mass is 11.7. The van der Waals surface area contributed by atoms with Gasteiger partial charge in [0.2, 0.25) is 0 Å². The summed E-state index contributed by atoms with van der Waals surface area (Å²) in [4.78, 5) is 9.43. The van der Waals surface area contributed by atoms with Crippen LogP contribution in [0.4, 0.5) is 0 Å². The molecule has 0 aliphatic carbocycles. The zero-order valence-corrected chi connectivity index (χ0v) is 3.77. The van der Waals surface area contributed by atoms with Gasteiger partial charge in [-0.25, -0.2) is 4.79 Å². The van der Waals surface area contributed by atoms with Crippen LogP contribution in [0.1, 0.15) is 0 Å². The molecule has 0 aliphatic heterocycles.